The van der Waals surface area contributed by atoms with Crippen LogP contribution in [0.1, 0.15) is 34.8 Å². The second-order valence-corrected chi connectivity index (χ2v) is 15.1. The molecule has 2 N–H and O–H groups in total. The van der Waals surface area contributed by atoms with Gasteiger partial charge in [0.25, 0.3) is 0 Å². The van der Waals surface area contributed by atoms with Crippen LogP contribution in [0.5, 0.6) is 0 Å². The van der Waals surface area contributed by atoms with E-state index in [1.807, 2.05) is 6.08 Å². The number of imidazole rings is 1. The molecule has 1 aliphatic heterocycles. The molecule has 3 rings (SSSR count). The number of aromatic amines is 1. The highest BCUT2D eigenvalue weighted by atomic mass is 79.9. The van der Waals surface area contributed by atoms with Crippen molar-refractivity contribution in [3.8, 4) is 0 Å². The Labute approximate surface area is 193 Å². The van der Waals surface area contributed by atoms with Crippen molar-refractivity contribution in [3.63, 3.8) is 0 Å². The molecule has 1 aliphatic rings. The summed E-state index contributed by atoms with van der Waals surface area (Å²) in [6, 6.07) is 5.51. The number of aliphatic imine (C=N–C) groups is 1. The Balaban J connectivity index is 1.92. The topological polar surface area (TPSA) is 62.3 Å². The van der Waals surface area contributed by atoms with Gasteiger partial charge in [0, 0.05) is 20.9 Å². The van der Waals surface area contributed by atoms with E-state index in [1.165, 1.54) is 12.1 Å². The van der Waals surface area contributed by atoms with E-state index in [2.05, 4.69) is 55.8 Å². The van der Waals surface area contributed by atoms with Crippen molar-refractivity contribution >= 4 is 40.9 Å². The quantitative estimate of drug-likeness (QED) is 0.319. The van der Waals surface area contributed by atoms with Crippen molar-refractivity contribution in [1.29, 1.82) is 0 Å². The lowest BCUT2D eigenvalue weighted by molar-refractivity contribution is -0.137. The molecular weight excluding hydrogens is 513 g/mol. The van der Waals surface area contributed by atoms with Gasteiger partial charge in [-0.2, -0.15) is 13.2 Å². The Morgan fingerprint density at radius 3 is 2.48 bits per heavy atom. The number of amidine groups is 1. The molecular formula is C20H23BrClF3N4OSi. The van der Waals surface area contributed by atoms with Crippen LogP contribution in [-0.4, -0.2) is 29.9 Å². The molecule has 31 heavy (non-hydrogen) atoms. The first-order valence-corrected chi connectivity index (χ1v) is 14.5. The van der Waals surface area contributed by atoms with Crippen molar-refractivity contribution in [1.82, 2.24) is 15.3 Å². The van der Waals surface area contributed by atoms with Crippen LogP contribution in [0, 0.1) is 0 Å². The summed E-state index contributed by atoms with van der Waals surface area (Å²) in [6.45, 7) is 7.18. The number of halogens is 5. The van der Waals surface area contributed by atoms with Crippen LogP contribution in [0.4, 0.5) is 13.2 Å². The molecule has 0 amide bonds. The highest BCUT2D eigenvalue weighted by molar-refractivity contribution is 9.10. The lowest BCUT2D eigenvalue weighted by Crippen LogP contribution is -2.23. The van der Waals surface area contributed by atoms with E-state index in [0.717, 1.165) is 18.2 Å². The molecule has 0 spiro atoms. The predicted molar refractivity (Wildman–Crippen MR) is 122 cm³/mol. The Hall–Kier alpha value is -1.62. The second-order valence-electron chi connectivity index (χ2n) is 8.38. The van der Waals surface area contributed by atoms with Gasteiger partial charge in [0.2, 0.25) is 0 Å². The summed E-state index contributed by atoms with van der Waals surface area (Å²) in [6.07, 6.45) is -1.54. The van der Waals surface area contributed by atoms with Gasteiger partial charge >= 0.3 is 6.18 Å². The summed E-state index contributed by atoms with van der Waals surface area (Å²) in [5, 5.41) is 3.04. The van der Waals surface area contributed by atoms with E-state index in [1.54, 1.807) is 6.20 Å². The zero-order chi connectivity index (χ0) is 22.8. The molecule has 0 fully saturated rings. The van der Waals surface area contributed by atoms with E-state index in [4.69, 9.17) is 16.3 Å². The Morgan fingerprint density at radius 1 is 1.23 bits per heavy atom. The predicted octanol–water partition coefficient (Wildman–Crippen LogP) is 6.39. The molecule has 2 heterocycles. The van der Waals surface area contributed by atoms with Gasteiger partial charge in [-0.05, 0) is 57.3 Å². The zero-order valence-corrected chi connectivity index (χ0v) is 20.6. The van der Waals surface area contributed by atoms with Crippen molar-refractivity contribution in [2.24, 2.45) is 4.99 Å². The second kappa shape index (κ2) is 9.48. The Morgan fingerprint density at radius 2 is 1.90 bits per heavy atom. The number of benzene rings is 1. The third-order valence-electron chi connectivity index (χ3n) is 4.66. The largest absolute Gasteiger partial charge is 0.416 e. The van der Waals surface area contributed by atoms with Crippen LogP contribution in [-0.2, 0) is 10.9 Å². The number of nitrogens with one attached hydrogen (secondary N) is 2. The molecule has 168 valence electrons. The van der Waals surface area contributed by atoms with Gasteiger partial charge in [0.1, 0.15) is 22.6 Å². The fourth-order valence-electron chi connectivity index (χ4n) is 2.94. The molecule has 2 aromatic rings. The lowest BCUT2D eigenvalue weighted by Gasteiger charge is -2.21. The van der Waals surface area contributed by atoms with Gasteiger partial charge in [-0.1, -0.05) is 31.8 Å². The zero-order valence-electron chi connectivity index (χ0n) is 17.2. The first-order chi connectivity index (χ1) is 14.4. The average Bonchev–Trinajstić information content (AvgIpc) is 3.05. The number of ether oxygens (including phenoxy) is 1. The Kier molecular flexibility index (Phi) is 7.34. The van der Waals surface area contributed by atoms with E-state index in [9.17, 15) is 13.2 Å². The van der Waals surface area contributed by atoms with Crippen molar-refractivity contribution in [2.45, 2.75) is 44.0 Å². The van der Waals surface area contributed by atoms with Crippen molar-refractivity contribution in [3.05, 3.63) is 63.8 Å². The molecule has 1 aromatic carbocycles. The third-order valence-corrected chi connectivity index (χ3v) is 7.17. The minimum atomic E-state index is -4.40. The molecule has 2 atom stereocenters. The maximum Gasteiger partial charge on any atom is 0.416 e. The van der Waals surface area contributed by atoms with Gasteiger partial charge in [0.15, 0.2) is 5.29 Å². The number of H-pyrrole nitrogens is 1. The maximum absolute atomic E-state index is 13.0. The van der Waals surface area contributed by atoms with Crippen LogP contribution < -0.4 is 5.32 Å². The molecule has 0 saturated heterocycles. The van der Waals surface area contributed by atoms with Crippen LogP contribution in [0.2, 0.25) is 25.7 Å². The van der Waals surface area contributed by atoms with Gasteiger partial charge in [0.05, 0.1) is 11.3 Å². The summed E-state index contributed by atoms with van der Waals surface area (Å²) in [5.74, 6) is 0.482. The van der Waals surface area contributed by atoms with Crippen LogP contribution in [0.25, 0.3) is 0 Å². The number of rotatable bonds is 7. The molecule has 11 heteroatoms. The van der Waals surface area contributed by atoms with Crippen LogP contribution in [0.15, 0.2) is 46.1 Å². The molecule has 0 bridgehead atoms. The lowest BCUT2D eigenvalue weighted by atomic mass is 10.1. The average molecular weight is 536 g/mol. The fraction of sp³-hybridized carbons (Fsp3) is 0.400. The first kappa shape index (κ1) is 24.0. The number of hydrogen-bond donors (Lipinski definition) is 2. The summed E-state index contributed by atoms with van der Waals surface area (Å²) >= 11 is 9.41. The van der Waals surface area contributed by atoms with Crippen LogP contribution in [0.3, 0.4) is 0 Å². The minimum absolute atomic E-state index is 0.251. The fourth-order valence-corrected chi connectivity index (χ4v) is 4.36. The molecule has 5 nitrogen and oxygen atoms in total. The van der Waals surface area contributed by atoms with Gasteiger partial charge in [-0.15, -0.1) is 0 Å². The number of nitrogens with zero attached hydrogens (tertiary/aromatic N) is 2. The van der Waals surface area contributed by atoms with Gasteiger partial charge in [-0.25, -0.2) is 9.98 Å². The van der Waals surface area contributed by atoms with Crippen molar-refractivity contribution < 1.29 is 17.9 Å². The van der Waals surface area contributed by atoms with Gasteiger partial charge < -0.3 is 15.0 Å². The minimum Gasteiger partial charge on any atom is -0.366 e. The molecule has 1 aromatic heterocycles. The smallest absolute Gasteiger partial charge is 0.366 e. The summed E-state index contributed by atoms with van der Waals surface area (Å²) < 4.78 is 45.6. The number of aromatic nitrogens is 2. The monoisotopic (exact) mass is 534 g/mol. The highest BCUT2D eigenvalue weighted by Crippen LogP contribution is 2.34. The van der Waals surface area contributed by atoms with E-state index in [-0.39, 0.29) is 11.3 Å². The summed E-state index contributed by atoms with van der Waals surface area (Å²) in [4.78, 5) is 12.1. The van der Waals surface area contributed by atoms with E-state index < -0.39 is 25.9 Å². The molecule has 0 saturated carbocycles. The standard InChI is InChI=1S/C20H23BrClF3N4OSi/c1-31(2,3)11-10-30-16(12-4-6-13(7-5-12)20(23,24)25)18-28-15(17(21)29-18)14-8-9-26-19(22)27-14/h4-9,14,16H,10-11H2,1-3H3,(H,26,27)(H,28,29). The van der Waals surface area contributed by atoms with Gasteiger partial charge in [-0.3, -0.25) is 0 Å². The molecule has 0 radical (unpaired) electrons. The van der Waals surface area contributed by atoms with Crippen molar-refractivity contribution in [2.75, 3.05) is 6.61 Å². The Bertz CT molecular complexity index is 970. The molecule has 0 aliphatic carbocycles. The highest BCUT2D eigenvalue weighted by Gasteiger charge is 2.31. The normalized spacial score (nSPS) is 17.9. The molecule has 2 unspecified atom stereocenters. The first-order valence-electron chi connectivity index (χ1n) is 9.64. The van der Waals surface area contributed by atoms with E-state index in [0.29, 0.717) is 28.3 Å². The maximum atomic E-state index is 13.0. The third kappa shape index (κ3) is 6.44. The summed E-state index contributed by atoms with van der Waals surface area (Å²) in [5.41, 5.74) is 0.553. The SMILES string of the molecule is C[Si](C)(C)CCOC(c1ccc(C(F)(F)F)cc1)c1nc(Br)c(C2C=CNC(Cl)=N2)[nH]1. The van der Waals surface area contributed by atoms with Crippen LogP contribution >= 0.6 is 27.5 Å². The summed E-state index contributed by atoms with van der Waals surface area (Å²) in [7, 11) is -1.36. The number of hydrogen-bond acceptors (Lipinski definition) is 4. The van der Waals surface area contributed by atoms with E-state index >= 15 is 0 Å². The number of alkyl halides is 3.